The summed E-state index contributed by atoms with van der Waals surface area (Å²) in [4.78, 5) is 5.01. The molecule has 212 valence electrons. The van der Waals surface area contributed by atoms with Gasteiger partial charge in [0, 0.05) is 45.3 Å². The summed E-state index contributed by atoms with van der Waals surface area (Å²) < 4.78 is 22.6. The molecule has 5 rings (SSSR count). The first-order chi connectivity index (χ1) is 19.7. The fraction of sp³-hybridized carbons (Fsp3) is 0.394. The van der Waals surface area contributed by atoms with Gasteiger partial charge in [-0.1, -0.05) is 54.6 Å². The van der Waals surface area contributed by atoms with Gasteiger partial charge >= 0.3 is 0 Å². The molecular formula is C33H41N3O4. The molecule has 2 atom stereocenters. The fourth-order valence-electron chi connectivity index (χ4n) is 5.29. The summed E-state index contributed by atoms with van der Waals surface area (Å²) in [5, 5.41) is 3.61. The largest absolute Gasteiger partial charge is 0.497 e. The highest BCUT2D eigenvalue weighted by atomic mass is 16.7. The maximum Gasteiger partial charge on any atom is 0.229 e. The number of methoxy groups -OCH3 is 1. The molecule has 3 aromatic carbocycles. The second kappa shape index (κ2) is 14.2. The SMILES string of the molecule is COc1ccc([C@@H](C)NCc2cccc(OCCN3CCN(C(Cc4ccccc4)C4=COCO4)CC3)c2)cc1. The van der Waals surface area contributed by atoms with E-state index in [4.69, 9.17) is 18.9 Å². The summed E-state index contributed by atoms with van der Waals surface area (Å²) in [5.41, 5.74) is 3.76. The number of rotatable bonds is 13. The minimum Gasteiger partial charge on any atom is -0.497 e. The van der Waals surface area contributed by atoms with Crippen LogP contribution in [0.4, 0.5) is 0 Å². The first-order valence-corrected chi connectivity index (χ1v) is 14.2. The Balaban J connectivity index is 1.05. The number of ether oxygens (including phenoxy) is 4. The van der Waals surface area contributed by atoms with Crippen LogP contribution in [0.15, 0.2) is 90.9 Å². The topological polar surface area (TPSA) is 55.4 Å². The monoisotopic (exact) mass is 543 g/mol. The molecule has 40 heavy (non-hydrogen) atoms. The van der Waals surface area contributed by atoms with Gasteiger partial charge in [-0.15, -0.1) is 0 Å². The van der Waals surface area contributed by atoms with E-state index in [1.54, 1.807) is 13.4 Å². The molecule has 1 unspecified atom stereocenters. The van der Waals surface area contributed by atoms with Gasteiger partial charge in [-0.3, -0.25) is 9.80 Å². The molecule has 0 saturated carbocycles. The molecule has 0 spiro atoms. The average molecular weight is 544 g/mol. The maximum atomic E-state index is 6.16. The number of hydrogen-bond acceptors (Lipinski definition) is 7. The quantitative estimate of drug-likeness (QED) is 0.326. The van der Waals surface area contributed by atoms with Gasteiger partial charge in [-0.2, -0.15) is 0 Å². The third kappa shape index (κ3) is 7.78. The molecule has 0 amide bonds. The van der Waals surface area contributed by atoms with E-state index in [9.17, 15) is 0 Å². The lowest BCUT2D eigenvalue weighted by molar-refractivity contribution is 0.0434. The molecule has 7 heteroatoms. The number of benzene rings is 3. The predicted octanol–water partition coefficient (Wildman–Crippen LogP) is 5.00. The zero-order chi connectivity index (χ0) is 27.6. The lowest BCUT2D eigenvalue weighted by Crippen LogP contribution is -2.52. The van der Waals surface area contributed by atoms with Crippen molar-refractivity contribution in [2.75, 3.05) is 53.2 Å². The molecule has 7 nitrogen and oxygen atoms in total. The molecule has 0 bridgehead atoms. The van der Waals surface area contributed by atoms with Gasteiger partial charge in [0.2, 0.25) is 6.79 Å². The van der Waals surface area contributed by atoms with Gasteiger partial charge in [0.15, 0.2) is 5.76 Å². The predicted molar refractivity (Wildman–Crippen MR) is 157 cm³/mol. The third-order valence-corrected chi connectivity index (χ3v) is 7.74. The van der Waals surface area contributed by atoms with Crippen LogP contribution in [0.25, 0.3) is 0 Å². The Hall–Kier alpha value is -3.52. The Morgan fingerprint density at radius 1 is 0.875 bits per heavy atom. The van der Waals surface area contributed by atoms with Crippen molar-refractivity contribution < 1.29 is 18.9 Å². The average Bonchev–Trinajstić information content (AvgIpc) is 3.55. The summed E-state index contributed by atoms with van der Waals surface area (Å²) in [6.45, 7) is 8.87. The third-order valence-electron chi connectivity index (χ3n) is 7.74. The van der Waals surface area contributed by atoms with Crippen LogP contribution in [-0.4, -0.2) is 69.1 Å². The van der Waals surface area contributed by atoms with E-state index in [1.807, 2.05) is 18.2 Å². The summed E-state index contributed by atoms with van der Waals surface area (Å²) >= 11 is 0. The van der Waals surface area contributed by atoms with Crippen LogP contribution >= 0.6 is 0 Å². The van der Waals surface area contributed by atoms with Crippen molar-refractivity contribution in [3.63, 3.8) is 0 Å². The number of piperazine rings is 1. The molecule has 1 fully saturated rings. The summed E-state index contributed by atoms with van der Waals surface area (Å²) in [6, 6.07) is 27.7. The van der Waals surface area contributed by atoms with Crippen LogP contribution in [0.1, 0.15) is 29.7 Å². The summed E-state index contributed by atoms with van der Waals surface area (Å²) in [5.74, 6) is 2.73. The minimum absolute atomic E-state index is 0.201. The zero-order valence-electron chi connectivity index (χ0n) is 23.6. The van der Waals surface area contributed by atoms with Crippen molar-refractivity contribution in [1.82, 2.24) is 15.1 Å². The van der Waals surface area contributed by atoms with Gasteiger partial charge < -0.3 is 24.3 Å². The summed E-state index contributed by atoms with van der Waals surface area (Å²) in [6.07, 6.45) is 2.71. The van der Waals surface area contributed by atoms with Crippen molar-refractivity contribution in [2.45, 2.75) is 32.0 Å². The molecule has 2 aliphatic rings. The molecule has 2 aliphatic heterocycles. The van der Waals surface area contributed by atoms with Gasteiger partial charge in [-0.25, -0.2) is 0 Å². The number of nitrogens with one attached hydrogen (secondary N) is 1. The van der Waals surface area contributed by atoms with E-state index in [1.165, 1.54) is 16.7 Å². The first kappa shape index (κ1) is 28.0. The van der Waals surface area contributed by atoms with Crippen molar-refractivity contribution in [3.8, 4) is 11.5 Å². The van der Waals surface area contributed by atoms with E-state index in [0.717, 1.165) is 62.9 Å². The first-order valence-electron chi connectivity index (χ1n) is 14.2. The van der Waals surface area contributed by atoms with Crippen molar-refractivity contribution in [1.29, 1.82) is 0 Å². The Morgan fingerprint density at radius 2 is 1.65 bits per heavy atom. The Kier molecular flexibility index (Phi) is 9.96. The van der Waals surface area contributed by atoms with Crippen LogP contribution < -0.4 is 14.8 Å². The molecule has 0 aliphatic carbocycles. The fourth-order valence-corrected chi connectivity index (χ4v) is 5.29. The number of nitrogens with zero attached hydrogens (tertiary/aromatic N) is 2. The highest BCUT2D eigenvalue weighted by molar-refractivity contribution is 5.30. The molecule has 1 N–H and O–H groups in total. The van der Waals surface area contributed by atoms with E-state index in [-0.39, 0.29) is 12.1 Å². The molecular weight excluding hydrogens is 502 g/mol. The lowest BCUT2D eigenvalue weighted by Gasteiger charge is -2.39. The van der Waals surface area contributed by atoms with Crippen molar-refractivity contribution in [3.05, 3.63) is 108 Å². The highest BCUT2D eigenvalue weighted by Crippen LogP contribution is 2.23. The Bertz CT molecular complexity index is 1210. The van der Waals surface area contributed by atoms with Crippen molar-refractivity contribution >= 4 is 0 Å². The lowest BCUT2D eigenvalue weighted by atomic mass is 10.0. The zero-order valence-corrected chi connectivity index (χ0v) is 23.6. The van der Waals surface area contributed by atoms with Crippen LogP contribution in [-0.2, 0) is 22.4 Å². The number of hydrogen-bond donors (Lipinski definition) is 1. The second-order valence-corrected chi connectivity index (χ2v) is 10.4. The Labute approximate surface area is 238 Å². The molecule has 0 radical (unpaired) electrons. The second-order valence-electron chi connectivity index (χ2n) is 10.4. The molecule has 0 aromatic heterocycles. The molecule has 2 heterocycles. The summed E-state index contributed by atoms with van der Waals surface area (Å²) in [7, 11) is 1.69. The van der Waals surface area contributed by atoms with Gasteiger partial charge in [0.25, 0.3) is 0 Å². The van der Waals surface area contributed by atoms with Crippen LogP contribution in [0.3, 0.4) is 0 Å². The van der Waals surface area contributed by atoms with Gasteiger partial charge in [0.05, 0.1) is 13.2 Å². The van der Waals surface area contributed by atoms with Crippen molar-refractivity contribution in [2.24, 2.45) is 0 Å². The van der Waals surface area contributed by atoms with Gasteiger partial charge in [0.1, 0.15) is 24.4 Å². The van der Waals surface area contributed by atoms with Crippen LogP contribution in [0.5, 0.6) is 11.5 Å². The standard InChI is InChI=1S/C33H41N3O4/c1-26(29-11-13-30(37-2)14-12-29)34-23-28-9-6-10-31(21-28)39-20-19-35-15-17-36(18-16-35)32(33-24-38-25-40-33)22-27-7-4-3-5-8-27/h3-14,21,24,26,32,34H,15-20,22-23,25H2,1-2H3/t26-,32?/m1/s1. The van der Waals surface area contributed by atoms with Crippen LogP contribution in [0, 0.1) is 0 Å². The Morgan fingerprint density at radius 3 is 2.38 bits per heavy atom. The smallest absolute Gasteiger partial charge is 0.229 e. The van der Waals surface area contributed by atoms with E-state index < -0.39 is 0 Å². The van der Waals surface area contributed by atoms with E-state index in [2.05, 4.69) is 82.7 Å². The minimum atomic E-state index is 0.201. The molecule has 3 aromatic rings. The van der Waals surface area contributed by atoms with Crippen LogP contribution in [0.2, 0.25) is 0 Å². The van der Waals surface area contributed by atoms with E-state index in [0.29, 0.717) is 13.4 Å². The normalized spacial score (nSPS) is 17.4. The highest BCUT2D eigenvalue weighted by Gasteiger charge is 2.29. The van der Waals surface area contributed by atoms with E-state index >= 15 is 0 Å². The maximum absolute atomic E-state index is 6.16. The van der Waals surface area contributed by atoms with Gasteiger partial charge in [-0.05, 0) is 54.3 Å². The molecule has 1 saturated heterocycles.